The van der Waals surface area contributed by atoms with E-state index in [1.165, 1.54) is 11.6 Å². The molecule has 0 spiro atoms. The first-order chi connectivity index (χ1) is 13.9. The first-order valence-corrected chi connectivity index (χ1v) is 10.6. The average molecular weight is 437 g/mol. The van der Waals surface area contributed by atoms with E-state index in [2.05, 4.69) is 16.9 Å². The summed E-state index contributed by atoms with van der Waals surface area (Å²) in [4.78, 5) is 0.897. The molecule has 0 aromatic heterocycles. The maximum absolute atomic E-state index is 12.8. The number of rotatable bonds is 8. The van der Waals surface area contributed by atoms with Crippen LogP contribution in [-0.4, -0.2) is 12.1 Å². The van der Waals surface area contributed by atoms with Gasteiger partial charge in [-0.1, -0.05) is 54.1 Å². The molecule has 0 aliphatic heterocycles. The molecular formula is C23H20ClF3OS. The number of hydrogen-bond acceptors (Lipinski definition) is 2. The Bertz CT molecular complexity index is 929. The van der Waals surface area contributed by atoms with Crippen LogP contribution in [0.5, 0.6) is 5.75 Å². The van der Waals surface area contributed by atoms with Crippen LogP contribution in [0.2, 0.25) is 5.02 Å². The number of aryl methyl sites for hydroxylation is 1. The van der Waals surface area contributed by atoms with E-state index >= 15 is 0 Å². The van der Waals surface area contributed by atoms with Crippen molar-refractivity contribution in [3.8, 4) is 16.9 Å². The molecule has 6 heteroatoms. The minimum atomic E-state index is -4.75. The lowest BCUT2D eigenvalue weighted by atomic mass is 10.0. The van der Waals surface area contributed by atoms with Gasteiger partial charge in [0.1, 0.15) is 5.75 Å². The molecule has 0 atom stereocenters. The van der Waals surface area contributed by atoms with E-state index in [9.17, 15) is 13.2 Å². The van der Waals surface area contributed by atoms with Crippen molar-refractivity contribution < 1.29 is 17.9 Å². The van der Waals surface area contributed by atoms with E-state index in [-0.39, 0.29) is 5.75 Å². The summed E-state index contributed by atoms with van der Waals surface area (Å²) in [7, 11) is 0. The summed E-state index contributed by atoms with van der Waals surface area (Å²) in [5.74, 6) is 0.662. The van der Waals surface area contributed by atoms with Crippen molar-refractivity contribution in [3.63, 3.8) is 0 Å². The highest BCUT2D eigenvalue weighted by Crippen LogP contribution is 2.37. The molecule has 1 nitrogen and oxygen atoms in total. The molecule has 0 saturated heterocycles. The SMILES string of the molecule is FC(F)(F)Oc1ccc(SCCCCc2ccccc2)cc1-c1cccc(Cl)c1. The van der Waals surface area contributed by atoms with Gasteiger partial charge in [0.05, 0.1) is 0 Å². The number of halogens is 4. The van der Waals surface area contributed by atoms with Crippen molar-refractivity contribution >= 4 is 23.4 Å². The minimum Gasteiger partial charge on any atom is -0.405 e. The molecule has 0 radical (unpaired) electrons. The Labute approximate surface area is 177 Å². The molecule has 0 fully saturated rings. The first kappa shape index (κ1) is 21.6. The number of hydrogen-bond donors (Lipinski definition) is 0. The van der Waals surface area contributed by atoms with E-state index in [1.807, 2.05) is 18.2 Å². The quantitative estimate of drug-likeness (QED) is 0.261. The largest absolute Gasteiger partial charge is 0.573 e. The Morgan fingerprint density at radius 2 is 1.66 bits per heavy atom. The van der Waals surface area contributed by atoms with Crippen molar-refractivity contribution in [1.29, 1.82) is 0 Å². The van der Waals surface area contributed by atoms with Gasteiger partial charge in [-0.05, 0) is 66.5 Å². The third-order valence-electron chi connectivity index (χ3n) is 4.28. The second-order valence-electron chi connectivity index (χ2n) is 6.51. The molecule has 0 bridgehead atoms. The van der Waals surface area contributed by atoms with E-state index in [0.717, 1.165) is 29.9 Å². The lowest BCUT2D eigenvalue weighted by molar-refractivity contribution is -0.274. The molecule has 0 aliphatic rings. The van der Waals surface area contributed by atoms with Crippen molar-refractivity contribution in [2.24, 2.45) is 0 Å². The minimum absolute atomic E-state index is 0.229. The van der Waals surface area contributed by atoms with Crippen molar-refractivity contribution in [2.75, 3.05) is 5.75 Å². The fourth-order valence-corrected chi connectivity index (χ4v) is 4.10. The summed E-state index contributed by atoms with van der Waals surface area (Å²) in [6.07, 6.45) is -1.65. The van der Waals surface area contributed by atoms with Crippen molar-refractivity contribution in [1.82, 2.24) is 0 Å². The van der Waals surface area contributed by atoms with Crippen molar-refractivity contribution in [2.45, 2.75) is 30.5 Å². The van der Waals surface area contributed by atoms with Crippen LogP contribution in [0.4, 0.5) is 13.2 Å². The zero-order valence-corrected chi connectivity index (χ0v) is 17.2. The molecular weight excluding hydrogens is 417 g/mol. The topological polar surface area (TPSA) is 9.23 Å². The van der Waals surface area contributed by atoms with Gasteiger partial charge in [0, 0.05) is 15.5 Å². The summed E-state index contributed by atoms with van der Waals surface area (Å²) >= 11 is 7.65. The lowest BCUT2D eigenvalue weighted by Gasteiger charge is -2.15. The van der Waals surface area contributed by atoms with Crippen LogP contribution < -0.4 is 4.74 Å². The van der Waals surface area contributed by atoms with E-state index < -0.39 is 6.36 Å². The zero-order valence-electron chi connectivity index (χ0n) is 15.6. The fraction of sp³-hybridized carbons (Fsp3) is 0.217. The third-order valence-corrected chi connectivity index (χ3v) is 5.60. The normalized spacial score (nSPS) is 11.4. The molecule has 0 unspecified atom stereocenters. The maximum Gasteiger partial charge on any atom is 0.573 e. The molecule has 3 rings (SSSR count). The third kappa shape index (κ3) is 7.02. The van der Waals surface area contributed by atoms with Gasteiger partial charge >= 0.3 is 6.36 Å². The van der Waals surface area contributed by atoms with Gasteiger partial charge in [0.15, 0.2) is 0 Å². The second-order valence-corrected chi connectivity index (χ2v) is 8.11. The summed E-state index contributed by atoms with van der Waals surface area (Å²) in [6, 6.07) is 21.8. The highest BCUT2D eigenvalue weighted by molar-refractivity contribution is 7.99. The average Bonchev–Trinajstić information content (AvgIpc) is 2.68. The van der Waals surface area contributed by atoms with Crippen LogP contribution in [-0.2, 0) is 6.42 Å². The monoisotopic (exact) mass is 436 g/mol. The van der Waals surface area contributed by atoms with Gasteiger partial charge in [-0.25, -0.2) is 0 Å². The van der Waals surface area contributed by atoms with Crippen LogP contribution in [0, 0.1) is 0 Å². The highest BCUT2D eigenvalue weighted by Gasteiger charge is 2.32. The molecule has 0 heterocycles. The van der Waals surface area contributed by atoms with Crippen LogP contribution in [0.1, 0.15) is 18.4 Å². The van der Waals surface area contributed by atoms with Crippen LogP contribution in [0.25, 0.3) is 11.1 Å². The molecule has 0 saturated carbocycles. The van der Waals surface area contributed by atoms with E-state index in [4.69, 9.17) is 11.6 Å². The Morgan fingerprint density at radius 1 is 0.862 bits per heavy atom. The predicted octanol–water partition coefficient (Wildman–Crippen LogP) is 8.02. The first-order valence-electron chi connectivity index (χ1n) is 9.23. The van der Waals surface area contributed by atoms with Gasteiger partial charge in [0.2, 0.25) is 0 Å². The Balaban J connectivity index is 1.67. The summed E-state index contributed by atoms with van der Waals surface area (Å²) in [5.41, 5.74) is 2.27. The van der Waals surface area contributed by atoms with Crippen LogP contribution in [0.3, 0.4) is 0 Å². The van der Waals surface area contributed by atoms with E-state index in [1.54, 1.807) is 48.2 Å². The molecule has 0 N–H and O–H groups in total. The number of unbranched alkanes of at least 4 members (excludes halogenated alkanes) is 1. The second kappa shape index (κ2) is 10.1. The molecule has 0 amide bonds. The number of ether oxygens (including phenoxy) is 1. The van der Waals surface area contributed by atoms with Gasteiger partial charge in [-0.2, -0.15) is 0 Å². The molecule has 3 aromatic rings. The molecule has 0 aliphatic carbocycles. The predicted molar refractivity (Wildman–Crippen MR) is 114 cm³/mol. The van der Waals surface area contributed by atoms with Crippen molar-refractivity contribution in [3.05, 3.63) is 83.4 Å². The van der Waals surface area contributed by atoms with Crippen LogP contribution in [0.15, 0.2) is 77.7 Å². The summed E-state index contributed by atoms with van der Waals surface area (Å²) < 4.78 is 42.6. The standard InChI is InChI=1S/C23H20ClF3OS/c24-19-11-6-10-18(15-19)21-16-20(12-13-22(21)28-23(25,26)27)29-14-5-4-9-17-7-2-1-3-8-17/h1-3,6-8,10-13,15-16H,4-5,9,14H2. The molecule has 29 heavy (non-hydrogen) atoms. The molecule has 152 valence electrons. The Hall–Kier alpha value is -2.11. The molecule has 3 aromatic carbocycles. The number of thioether (sulfide) groups is 1. The van der Waals surface area contributed by atoms with Gasteiger partial charge in [-0.15, -0.1) is 24.9 Å². The zero-order chi connectivity index (χ0) is 20.7. The van der Waals surface area contributed by atoms with Gasteiger partial charge < -0.3 is 4.74 Å². The fourth-order valence-electron chi connectivity index (χ4n) is 2.96. The lowest BCUT2D eigenvalue weighted by Crippen LogP contribution is -2.17. The summed E-state index contributed by atoms with van der Waals surface area (Å²) in [6.45, 7) is 0. The maximum atomic E-state index is 12.8. The Kier molecular flexibility index (Phi) is 7.51. The highest BCUT2D eigenvalue weighted by atomic mass is 35.5. The Morgan fingerprint density at radius 3 is 2.38 bits per heavy atom. The number of benzene rings is 3. The smallest absolute Gasteiger partial charge is 0.405 e. The summed E-state index contributed by atoms with van der Waals surface area (Å²) in [5, 5.41) is 0.458. The van der Waals surface area contributed by atoms with E-state index in [0.29, 0.717) is 16.1 Å². The van der Waals surface area contributed by atoms with Crippen LogP contribution >= 0.6 is 23.4 Å². The van der Waals surface area contributed by atoms with Gasteiger partial charge in [0.25, 0.3) is 0 Å². The number of alkyl halides is 3. The van der Waals surface area contributed by atoms with Gasteiger partial charge in [-0.3, -0.25) is 0 Å².